The molecule has 0 atom stereocenters. The van der Waals surface area contributed by atoms with Gasteiger partial charge in [0.05, 0.1) is 16.4 Å². The van der Waals surface area contributed by atoms with Crippen molar-refractivity contribution in [2.75, 3.05) is 12.8 Å². The van der Waals surface area contributed by atoms with Crippen LogP contribution in [0.2, 0.25) is 0 Å². The number of nitrogen functional groups attached to an aromatic ring is 1. The van der Waals surface area contributed by atoms with E-state index in [0.717, 1.165) is 21.2 Å². The predicted octanol–water partition coefficient (Wildman–Crippen LogP) is 2.30. The molecule has 0 amide bonds. The number of pyridine rings is 1. The highest BCUT2D eigenvalue weighted by Gasteiger charge is 2.10. The zero-order valence-corrected chi connectivity index (χ0v) is 12.3. The molecule has 5 nitrogen and oxygen atoms in total. The van der Waals surface area contributed by atoms with Crippen molar-refractivity contribution in [3.05, 3.63) is 27.6 Å². The second-order valence-corrected chi connectivity index (χ2v) is 4.71. The fourth-order valence-electron chi connectivity index (χ4n) is 1.51. The number of methoxy groups -OCH3 is 1. The van der Waals surface area contributed by atoms with E-state index < -0.39 is 0 Å². The molecule has 0 saturated carbocycles. The molecule has 0 bridgehead atoms. The van der Waals surface area contributed by atoms with Crippen LogP contribution in [-0.2, 0) is 6.42 Å². The molecule has 0 aliphatic rings. The molecule has 0 saturated heterocycles. The Kier molecular flexibility index (Phi) is 3.95. The van der Waals surface area contributed by atoms with Gasteiger partial charge in [0.2, 0.25) is 5.88 Å². The van der Waals surface area contributed by atoms with Crippen LogP contribution in [0.3, 0.4) is 0 Å². The van der Waals surface area contributed by atoms with E-state index in [1.165, 1.54) is 0 Å². The Morgan fingerprint density at radius 3 is 2.67 bits per heavy atom. The van der Waals surface area contributed by atoms with Crippen LogP contribution < -0.4 is 10.5 Å². The van der Waals surface area contributed by atoms with Crippen LogP contribution in [0, 0.1) is 3.57 Å². The number of hydrogen-bond donors (Lipinski definition) is 1. The monoisotopic (exact) mass is 356 g/mol. The molecular formula is C12H13IN4O. The molecule has 2 aromatic heterocycles. The molecule has 0 fully saturated rings. The van der Waals surface area contributed by atoms with Gasteiger partial charge < -0.3 is 10.5 Å². The number of nitrogens with two attached hydrogens (primary N) is 1. The molecule has 2 aromatic rings. The Labute approximate surface area is 119 Å². The fourth-order valence-corrected chi connectivity index (χ4v) is 2.13. The summed E-state index contributed by atoms with van der Waals surface area (Å²) in [6.45, 7) is 2.04. The number of nitrogens with zero attached hydrogens (tertiary/aromatic N) is 3. The van der Waals surface area contributed by atoms with E-state index in [2.05, 4.69) is 37.5 Å². The van der Waals surface area contributed by atoms with Crippen molar-refractivity contribution < 1.29 is 4.74 Å². The number of aryl methyl sites for hydroxylation is 1. The lowest BCUT2D eigenvalue weighted by Gasteiger charge is -2.07. The van der Waals surface area contributed by atoms with Gasteiger partial charge in [-0.25, -0.2) is 15.0 Å². The summed E-state index contributed by atoms with van der Waals surface area (Å²) < 4.78 is 5.93. The van der Waals surface area contributed by atoms with Gasteiger partial charge in [-0.1, -0.05) is 6.92 Å². The van der Waals surface area contributed by atoms with Crippen LogP contribution in [-0.4, -0.2) is 22.1 Å². The number of hydrogen-bond acceptors (Lipinski definition) is 5. The molecule has 18 heavy (non-hydrogen) atoms. The quantitative estimate of drug-likeness (QED) is 0.855. The molecule has 94 valence electrons. The van der Waals surface area contributed by atoms with Gasteiger partial charge in [0.15, 0.2) is 5.82 Å². The van der Waals surface area contributed by atoms with Crippen LogP contribution in [0.25, 0.3) is 11.4 Å². The highest BCUT2D eigenvalue weighted by Crippen LogP contribution is 2.22. The van der Waals surface area contributed by atoms with Gasteiger partial charge in [-0.05, 0) is 35.1 Å². The van der Waals surface area contributed by atoms with Crippen molar-refractivity contribution in [3.8, 4) is 17.3 Å². The van der Waals surface area contributed by atoms with Gasteiger partial charge >= 0.3 is 0 Å². The molecule has 0 spiro atoms. The summed E-state index contributed by atoms with van der Waals surface area (Å²) in [5, 5.41) is 0. The lowest BCUT2D eigenvalue weighted by atomic mass is 10.2. The maximum absolute atomic E-state index is 5.89. The second kappa shape index (κ2) is 5.47. The predicted molar refractivity (Wildman–Crippen MR) is 78.3 cm³/mol. The van der Waals surface area contributed by atoms with E-state index in [4.69, 9.17) is 10.5 Å². The van der Waals surface area contributed by atoms with Crippen molar-refractivity contribution in [2.24, 2.45) is 0 Å². The average molecular weight is 356 g/mol. The standard InChI is InChI=1S/C12H13IN4O/c1-3-8-10(13)11(14)17-12(16-8)7-4-5-9(18-2)15-6-7/h4-6H,3H2,1-2H3,(H2,14,16,17). The summed E-state index contributed by atoms with van der Waals surface area (Å²) in [5.41, 5.74) is 7.67. The number of anilines is 1. The molecule has 6 heteroatoms. The van der Waals surface area contributed by atoms with E-state index in [1.54, 1.807) is 19.4 Å². The maximum Gasteiger partial charge on any atom is 0.212 e. The number of aromatic nitrogens is 3. The third-order valence-corrected chi connectivity index (χ3v) is 3.66. The zero-order chi connectivity index (χ0) is 13.1. The minimum Gasteiger partial charge on any atom is -0.481 e. The first-order valence-corrected chi connectivity index (χ1v) is 6.56. The normalized spacial score (nSPS) is 10.4. The fraction of sp³-hybridized carbons (Fsp3) is 0.250. The van der Waals surface area contributed by atoms with Gasteiger partial charge in [0, 0.05) is 17.8 Å². The van der Waals surface area contributed by atoms with Crippen LogP contribution in [0.1, 0.15) is 12.6 Å². The smallest absolute Gasteiger partial charge is 0.212 e. The summed E-state index contributed by atoms with van der Waals surface area (Å²) in [7, 11) is 1.58. The minimum absolute atomic E-state index is 0.508. The first kappa shape index (κ1) is 13.0. The lowest BCUT2D eigenvalue weighted by Crippen LogP contribution is -2.04. The SMILES string of the molecule is CCc1nc(-c2ccc(OC)nc2)nc(N)c1I. The van der Waals surface area contributed by atoms with E-state index >= 15 is 0 Å². The maximum atomic E-state index is 5.89. The molecule has 0 aliphatic carbocycles. The van der Waals surface area contributed by atoms with Crippen LogP contribution in [0.15, 0.2) is 18.3 Å². The van der Waals surface area contributed by atoms with Crippen LogP contribution in [0.4, 0.5) is 5.82 Å². The van der Waals surface area contributed by atoms with Crippen molar-refractivity contribution >= 4 is 28.4 Å². The topological polar surface area (TPSA) is 73.9 Å². The molecule has 0 unspecified atom stereocenters. The minimum atomic E-state index is 0.508. The van der Waals surface area contributed by atoms with Crippen molar-refractivity contribution in [1.82, 2.24) is 15.0 Å². The van der Waals surface area contributed by atoms with Gasteiger partial charge in [-0.15, -0.1) is 0 Å². The largest absolute Gasteiger partial charge is 0.481 e. The Hall–Kier alpha value is -1.44. The summed E-state index contributed by atoms with van der Waals surface area (Å²) in [5.74, 6) is 1.67. The Morgan fingerprint density at radius 2 is 2.11 bits per heavy atom. The zero-order valence-electron chi connectivity index (χ0n) is 10.1. The lowest BCUT2D eigenvalue weighted by molar-refractivity contribution is 0.398. The Bertz CT molecular complexity index is 557. The molecular weight excluding hydrogens is 343 g/mol. The van der Waals surface area contributed by atoms with Gasteiger partial charge in [-0.2, -0.15) is 0 Å². The van der Waals surface area contributed by atoms with E-state index in [0.29, 0.717) is 17.5 Å². The third kappa shape index (κ3) is 2.53. The number of ether oxygens (including phenoxy) is 1. The first-order valence-electron chi connectivity index (χ1n) is 5.48. The second-order valence-electron chi connectivity index (χ2n) is 3.64. The Balaban J connectivity index is 2.46. The first-order chi connectivity index (χ1) is 8.65. The number of halogens is 1. The van der Waals surface area contributed by atoms with Crippen molar-refractivity contribution in [1.29, 1.82) is 0 Å². The molecule has 0 aliphatic heterocycles. The van der Waals surface area contributed by atoms with Crippen LogP contribution in [0.5, 0.6) is 5.88 Å². The summed E-state index contributed by atoms with van der Waals surface area (Å²) in [6, 6.07) is 3.64. The van der Waals surface area contributed by atoms with E-state index in [1.807, 2.05) is 13.0 Å². The van der Waals surface area contributed by atoms with E-state index in [-0.39, 0.29) is 0 Å². The van der Waals surface area contributed by atoms with Gasteiger partial charge in [-0.3, -0.25) is 0 Å². The highest BCUT2D eigenvalue weighted by atomic mass is 127. The van der Waals surface area contributed by atoms with Crippen LogP contribution >= 0.6 is 22.6 Å². The molecule has 0 aromatic carbocycles. The number of rotatable bonds is 3. The molecule has 2 N–H and O–H groups in total. The summed E-state index contributed by atoms with van der Waals surface area (Å²) in [4.78, 5) is 12.9. The molecule has 2 rings (SSSR count). The van der Waals surface area contributed by atoms with Crippen molar-refractivity contribution in [2.45, 2.75) is 13.3 Å². The molecule has 0 radical (unpaired) electrons. The van der Waals surface area contributed by atoms with Gasteiger partial charge in [0.25, 0.3) is 0 Å². The van der Waals surface area contributed by atoms with E-state index in [9.17, 15) is 0 Å². The van der Waals surface area contributed by atoms with Gasteiger partial charge in [0.1, 0.15) is 5.82 Å². The van der Waals surface area contributed by atoms with Crippen molar-refractivity contribution in [3.63, 3.8) is 0 Å². The third-order valence-electron chi connectivity index (χ3n) is 2.48. The Morgan fingerprint density at radius 1 is 1.33 bits per heavy atom. The average Bonchev–Trinajstić information content (AvgIpc) is 2.42. The summed E-state index contributed by atoms with van der Waals surface area (Å²) >= 11 is 2.17. The summed E-state index contributed by atoms with van der Waals surface area (Å²) in [6.07, 6.45) is 2.50. The highest BCUT2D eigenvalue weighted by molar-refractivity contribution is 14.1. The molecule has 2 heterocycles.